The van der Waals surface area contributed by atoms with Crippen LogP contribution in [0.5, 0.6) is 0 Å². The fraction of sp³-hybridized carbons (Fsp3) is 0.889. The van der Waals surface area contributed by atoms with Crippen LogP contribution in [0.4, 0.5) is 0 Å². The van der Waals surface area contributed by atoms with E-state index in [-0.39, 0.29) is 0 Å². The van der Waals surface area contributed by atoms with Crippen LogP contribution in [-0.4, -0.2) is 18.4 Å². The summed E-state index contributed by atoms with van der Waals surface area (Å²) < 4.78 is 0. The molecule has 1 saturated heterocycles. The highest BCUT2D eigenvalue weighted by Crippen LogP contribution is 2.03. The summed E-state index contributed by atoms with van der Waals surface area (Å²) in [6, 6.07) is 0.538. The average Bonchev–Trinajstić information content (AvgIpc) is 2.20. The van der Waals surface area contributed by atoms with Gasteiger partial charge in [0.25, 0.3) is 0 Å². The maximum absolute atomic E-state index is 10.8. The molecule has 1 aliphatic heterocycles. The van der Waals surface area contributed by atoms with Crippen molar-refractivity contribution < 1.29 is 4.79 Å². The van der Waals surface area contributed by atoms with Crippen LogP contribution in [-0.2, 0) is 4.79 Å². The van der Waals surface area contributed by atoms with Gasteiger partial charge in [-0.2, -0.15) is 0 Å². The number of hydrogen-bond donors (Lipinski definition) is 1. The van der Waals surface area contributed by atoms with Gasteiger partial charge in [-0.25, -0.2) is 0 Å². The van der Waals surface area contributed by atoms with E-state index >= 15 is 0 Å². The summed E-state index contributed by atoms with van der Waals surface area (Å²) in [6.07, 6.45) is 2.51. The maximum Gasteiger partial charge on any atom is 0.134 e. The number of carbonyl (C=O) groups is 1. The number of ketones is 1. The van der Waals surface area contributed by atoms with Gasteiger partial charge in [-0.05, 0) is 13.3 Å². The third-order valence-electron chi connectivity index (χ3n) is 1.75. The minimum atomic E-state index is 0.409. The molecule has 0 aromatic rings. The molecule has 66 valence electrons. The van der Waals surface area contributed by atoms with Gasteiger partial charge in [0.15, 0.2) is 0 Å². The van der Waals surface area contributed by atoms with Crippen LogP contribution < -0.4 is 5.32 Å². The molecule has 0 radical (unpaired) electrons. The van der Waals surface area contributed by atoms with Crippen LogP contribution in [0.15, 0.2) is 0 Å². The minimum absolute atomic E-state index is 0.409. The molecule has 1 aliphatic rings. The van der Waals surface area contributed by atoms with Crippen molar-refractivity contribution in [2.45, 2.75) is 46.1 Å². The third-order valence-corrected chi connectivity index (χ3v) is 1.75. The van der Waals surface area contributed by atoms with Crippen molar-refractivity contribution in [2.75, 3.05) is 6.54 Å². The van der Waals surface area contributed by atoms with Crippen LogP contribution >= 0.6 is 0 Å². The number of carbonyl (C=O) groups excluding carboxylic acids is 1. The lowest BCUT2D eigenvalue weighted by atomic mass is 10.1. The predicted octanol–water partition coefficient (Wildman–Crippen LogP) is 1.74. The molecule has 1 rings (SSSR count). The molecule has 0 bridgehead atoms. The highest BCUT2D eigenvalue weighted by Gasteiger charge is 2.10. The quantitative estimate of drug-likeness (QED) is 0.580. The second-order valence-corrected chi connectivity index (χ2v) is 2.68. The molecule has 1 atom stereocenters. The van der Waals surface area contributed by atoms with Crippen LogP contribution in [0.1, 0.15) is 40.0 Å². The van der Waals surface area contributed by atoms with Crippen molar-refractivity contribution in [1.29, 1.82) is 0 Å². The third kappa shape index (κ3) is 4.96. The Kier molecular flexibility index (Phi) is 6.13. The normalized spacial score (nSPS) is 25.0. The first kappa shape index (κ1) is 10.6. The first-order chi connectivity index (χ1) is 5.29. The van der Waals surface area contributed by atoms with Crippen molar-refractivity contribution in [2.24, 2.45) is 0 Å². The number of Topliss-reactive ketones (excluding diaryl/α,β-unsaturated/α-hetero) is 1. The average molecular weight is 157 g/mol. The van der Waals surface area contributed by atoms with Gasteiger partial charge in [-0.15, -0.1) is 0 Å². The summed E-state index contributed by atoms with van der Waals surface area (Å²) >= 11 is 0. The lowest BCUT2D eigenvalue weighted by Gasteiger charge is -2.05. The second-order valence-electron chi connectivity index (χ2n) is 2.68. The van der Waals surface area contributed by atoms with E-state index in [1.807, 2.05) is 13.8 Å². The summed E-state index contributed by atoms with van der Waals surface area (Å²) in [5, 5.41) is 3.25. The van der Waals surface area contributed by atoms with Crippen molar-refractivity contribution >= 4 is 5.78 Å². The van der Waals surface area contributed by atoms with Crippen molar-refractivity contribution in [3.63, 3.8) is 0 Å². The Labute approximate surface area is 69.4 Å². The zero-order valence-electron chi connectivity index (χ0n) is 7.81. The molecule has 1 fully saturated rings. The van der Waals surface area contributed by atoms with Crippen LogP contribution in [0.2, 0.25) is 0 Å². The standard InChI is InChI=1S/C7H13NO.C2H6/c1-6-2-3-7(9)4-5-8-6;1-2/h6,8H,2-5H2,1H3;1-2H3. The Bertz CT molecular complexity index is 112. The smallest absolute Gasteiger partial charge is 0.134 e. The highest BCUT2D eigenvalue weighted by molar-refractivity contribution is 5.78. The predicted molar refractivity (Wildman–Crippen MR) is 47.7 cm³/mol. The molecule has 0 aromatic heterocycles. The van der Waals surface area contributed by atoms with Crippen molar-refractivity contribution in [1.82, 2.24) is 5.32 Å². The van der Waals surface area contributed by atoms with E-state index in [0.29, 0.717) is 11.8 Å². The number of rotatable bonds is 0. The molecule has 0 spiro atoms. The summed E-state index contributed by atoms with van der Waals surface area (Å²) in [5.74, 6) is 0.409. The lowest BCUT2D eigenvalue weighted by Crippen LogP contribution is -2.24. The zero-order valence-corrected chi connectivity index (χ0v) is 7.81. The Balaban J connectivity index is 0.000000461. The van der Waals surface area contributed by atoms with E-state index in [0.717, 1.165) is 25.8 Å². The van der Waals surface area contributed by atoms with E-state index in [4.69, 9.17) is 0 Å². The fourth-order valence-corrected chi connectivity index (χ4v) is 1.06. The fourth-order valence-electron chi connectivity index (χ4n) is 1.06. The van der Waals surface area contributed by atoms with Crippen LogP contribution in [0, 0.1) is 0 Å². The number of hydrogen-bond acceptors (Lipinski definition) is 2. The first-order valence-corrected chi connectivity index (χ1v) is 4.54. The Morgan fingerprint density at radius 1 is 1.36 bits per heavy atom. The molecule has 2 heteroatoms. The van der Waals surface area contributed by atoms with E-state index in [9.17, 15) is 4.79 Å². The number of nitrogens with one attached hydrogen (secondary N) is 1. The molecule has 11 heavy (non-hydrogen) atoms. The molecule has 1 heterocycles. The van der Waals surface area contributed by atoms with Crippen LogP contribution in [0.3, 0.4) is 0 Å². The summed E-state index contributed by atoms with van der Waals surface area (Å²) in [6.45, 7) is 7.00. The van der Waals surface area contributed by atoms with Crippen molar-refractivity contribution in [3.05, 3.63) is 0 Å². The topological polar surface area (TPSA) is 29.1 Å². The van der Waals surface area contributed by atoms with E-state index < -0.39 is 0 Å². The molecule has 1 unspecified atom stereocenters. The monoisotopic (exact) mass is 157 g/mol. The van der Waals surface area contributed by atoms with Crippen LogP contribution in [0.25, 0.3) is 0 Å². The molecule has 0 aliphatic carbocycles. The maximum atomic E-state index is 10.8. The SMILES string of the molecule is CC.CC1CCC(=O)CCN1. The Morgan fingerprint density at radius 2 is 2.00 bits per heavy atom. The summed E-state index contributed by atoms with van der Waals surface area (Å²) in [4.78, 5) is 10.8. The van der Waals surface area contributed by atoms with Gasteiger partial charge in [-0.1, -0.05) is 13.8 Å². The molecule has 0 amide bonds. The minimum Gasteiger partial charge on any atom is -0.314 e. The van der Waals surface area contributed by atoms with Gasteiger partial charge < -0.3 is 5.32 Å². The largest absolute Gasteiger partial charge is 0.314 e. The molecule has 0 aromatic carbocycles. The van der Waals surface area contributed by atoms with Gasteiger partial charge in [0.05, 0.1) is 0 Å². The van der Waals surface area contributed by atoms with Gasteiger partial charge in [0.1, 0.15) is 5.78 Å². The molecule has 2 nitrogen and oxygen atoms in total. The Hall–Kier alpha value is -0.370. The summed E-state index contributed by atoms with van der Waals surface area (Å²) in [5.41, 5.74) is 0. The van der Waals surface area contributed by atoms with Gasteiger partial charge in [0, 0.05) is 25.4 Å². The van der Waals surface area contributed by atoms with Gasteiger partial charge >= 0.3 is 0 Å². The Morgan fingerprint density at radius 3 is 2.64 bits per heavy atom. The molecular weight excluding hydrogens is 138 g/mol. The van der Waals surface area contributed by atoms with Gasteiger partial charge in [0.2, 0.25) is 0 Å². The van der Waals surface area contributed by atoms with Crippen molar-refractivity contribution in [3.8, 4) is 0 Å². The van der Waals surface area contributed by atoms with E-state index in [1.54, 1.807) is 0 Å². The van der Waals surface area contributed by atoms with E-state index in [2.05, 4.69) is 12.2 Å². The molecular formula is C9H19NO. The molecule has 1 N–H and O–H groups in total. The van der Waals surface area contributed by atoms with E-state index in [1.165, 1.54) is 0 Å². The molecule has 0 saturated carbocycles. The zero-order chi connectivity index (χ0) is 8.69. The second kappa shape index (κ2) is 6.35. The first-order valence-electron chi connectivity index (χ1n) is 4.54. The summed E-state index contributed by atoms with van der Waals surface area (Å²) in [7, 11) is 0. The lowest BCUT2D eigenvalue weighted by molar-refractivity contribution is -0.118. The van der Waals surface area contributed by atoms with Gasteiger partial charge in [-0.3, -0.25) is 4.79 Å². The highest BCUT2D eigenvalue weighted by atomic mass is 16.1.